The molecule has 0 radical (unpaired) electrons. The molecule has 2 aromatic carbocycles. The first kappa shape index (κ1) is 17.5. The topological polar surface area (TPSA) is 37.8 Å². The van der Waals surface area contributed by atoms with E-state index in [-0.39, 0.29) is 0 Å². The van der Waals surface area contributed by atoms with Crippen molar-refractivity contribution in [1.29, 1.82) is 0 Å². The van der Waals surface area contributed by atoms with Crippen LogP contribution in [0.25, 0.3) is 10.8 Å². The first-order valence-electron chi connectivity index (χ1n) is 9.34. The van der Waals surface area contributed by atoms with E-state index in [1.807, 2.05) is 18.6 Å². The lowest BCUT2D eigenvalue weighted by Crippen LogP contribution is -2.29. The summed E-state index contributed by atoms with van der Waals surface area (Å²) >= 11 is 1.59. The number of benzene rings is 2. The number of nitrogens with zero attached hydrogens (tertiary/aromatic N) is 2. The predicted molar refractivity (Wildman–Crippen MR) is 110 cm³/mol. The number of thioether (sulfide) groups is 1. The molecule has 1 fully saturated rings. The van der Waals surface area contributed by atoms with Crippen molar-refractivity contribution in [2.75, 3.05) is 6.26 Å². The van der Waals surface area contributed by atoms with Crippen LogP contribution in [0.5, 0.6) is 0 Å². The lowest BCUT2D eigenvalue weighted by molar-refractivity contribution is 0.458. The highest BCUT2D eigenvalue weighted by Crippen LogP contribution is 2.35. The average Bonchev–Trinajstić information content (AvgIpc) is 3.16. The van der Waals surface area contributed by atoms with Gasteiger partial charge in [0, 0.05) is 24.5 Å². The van der Waals surface area contributed by atoms with E-state index in [9.17, 15) is 0 Å². The third kappa shape index (κ3) is 3.62. The lowest BCUT2D eigenvalue weighted by atomic mass is 9.98. The van der Waals surface area contributed by atoms with Crippen molar-refractivity contribution in [3.05, 3.63) is 66.0 Å². The number of nitrogens with one attached hydrogen (secondary N) is 1. The molecule has 1 heterocycles. The van der Waals surface area contributed by atoms with Gasteiger partial charge in [0.15, 0.2) is 5.16 Å². The van der Waals surface area contributed by atoms with E-state index >= 15 is 0 Å². The van der Waals surface area contributed by atoms with Crippen molar-refractivity contribution in [1.82, 2.24) is 15.3 Å². The Balaban J connectivity index is 1.44. The van der Waals surface area contributed by atoms with E-state index in [4.69, 9.17) is 0 Å². The molecule has 3 aromatic rings. The lowest BCUT2D eigenvalue weighted by Gasteiger charge is -2.21. The zero-order valence-electron chi connectivity index (χ0n) is 15.4. The maximum Gasteiger partial charge on any atom is 0.187 e. The quantitative estimate of drug-likeness (QED) is 0.490. The Bertz CT molecular complexity index is 873. The molecule has 4 rings (SSSR count). The van der Waals surface area contributed by atoms with Gasteiger partial charge in [-0.3, -0.25) is 0 Å². The van der Waals surface area contributed by atoms with Gasteiger partial charge in [0.2, 0.25) is 0 Å². The second kappa shape index (κ2) is 7.77. The smallest absolute Gasteiger partial charge is 0.187 e. The summed E-state index contributed by atoms with van der Waals surface area (Å²) in [5.41, 5.74) is 2.67. The van der Waals surface area contributed by atoms with Crippen LogP contribution in [-0.4, -0.2) is 22.3 Å². The number of hydrogen-bond acceptors (Lipinski definition) is 4. The van der Waals surface area contributed by atoms with Crippen molar-refractivity contribution in [3.8, 4) is 0 Å². The molecule has 0 bridgehead atoms. The fraction of sp³-hybridized carbons (Fsp3) is 0.364. The number of aromatic nitrogens is 2. The van der Waals surface area contributed by atoms with Crippen molar-refractivity contribution >= 4 is 22.5 Å². The van der Waals surface area contributed by atoms with Crippen LogP contribution in [0, 0.1) is 0 Å². The van der Waals surface area contributed by atoms with Gasteiger partial charge in [0.25, 0.3) is 0 Å². The first-order valence-corrected chi connectivity index (χ1v) is 10.6. The van der Waals surface area contributed by atoms with Gasteiger partial charge < -0.3 is 5.32 Å². The van der Waals surface area contributed by atoms with Gasteiger partial charge in [-0.05, 0) is 60.3 Å². The largest absolute Gasteiger partial charge is 0.307 e. The van der Waals surface area contributed by atoms with Gasteiger partial charge in [-0.15, -0.1) is 0 Å². The van der Waals surface area contributed by atoms with Gasteiger partial charge in [-0.1, -0.05) is 54.2 Å². The van der Waals surface area contributed by atoms with Crippen molar-refractivity contribution in [2.24, 2.45) is 0 Å². The van der Waals surface area contributed by atoms with Crippen LogP contribution in [0.1, 0.15) is 49.3 Å². The van der Waals surface area contributed by atoms with Gasteiger partial charge in [0.05, 0.1) is 0 Å². The molecule has 3 nitrogen and oxygen atoms in total. The zero-order chi connectivity index (χ0) is 17.9. The zero-order valence-corrected chi connectivity index (χ0v) is 16.2. The molecule has 1 aliphatic rings. The molecule has 0 aliphatic heterocycles. The maximum atomic E-state index is 4.44. The minimum atomic E-state index is 0.347. The highest BCUT2D eigenvalue weighted by Gasteiger charge is 2.27. The number of hydrogen-bond donors (Lipinski definition) is 1. The van der Waals surface area contributed by atoms with Crippen molar-refractivity contribution < 1.29 is 0 Å². The molecule has 0 amide bonds. The normalized spacial score (nSPS) is 21.2. The van der Waals surface area contributed by atoms with E-state index in [0.717, 1.165) is 11.6 Å². The Morgan fingerprint density at radius 2 is 1.81 bits per heavy atom. The summed E-state index contributed by atoms with van der Waals surface area (Å²) in [5, 5.41) is 7.38. The Morgan fingerprint density at radius 1 is 1.04 bits per heavy atom. The third-order valence-corrected chi connectivity index (χ3v) is 6.09. The fourth-order valence-electron chi connectivity index (χ4n) is 4.15. The average molecular weight is 364 g/mol. The van der Waals surface area contributed by atoms with E-state index in [2.05, 4.69) is 64.7 Å². The van der Waals surface area contributed by atoms with Crippen LogP contribution in [-0.2, 0) is 0 Å². The molecule has 1 aliphatic carbocycles. The van der Waals surface area contributed by atoms with Crippen LogP contribution in [0.4, 0.5) is 0 Å². The van der Waals surface area contributed by atoms with Gasteiger partial charge in [0.1, 0.15) is 0 Å². The van der Waals surface area contributed by atoms with Crippen LogP contribution >= 0.6 is 11.8 Å². The molecular formula is C22H25N3S. The van der Waals surface area contributed by atoms with E-state index in [1.165, 1.54) is 34.7 Å². The molecule has 0 saturated heterocycles. The molecule has 3 unspecified atom stereocenters. The van der Waals surface area contributed by atoms with E-state index in [1.54, 1.807) is 11.8 Å². The van der Waals surface area contributed by atoms with E-state index in [0.29, 0.717) is 18.0 Å². The van der Waals surface area contributed by atoms with Gasteiger partial charge in [-0.2, -0.15) is 0 Å². The Morgan fingerprint density at radius 3 is 2.62 bits per heavy atom. The van der Waals surface area contributed by atoms with Crippen LogP contribution in [0.2, 0.25) is 0 Å². The van der Waals surface area contributed by atoms with Crippen molar-refractivity contribution in [3.63, 3.8) is 0 Å². The molecule has 1 saturated carbocycles. The molecule has 26 heavy (non-hydrogen) atoms. The van der Waals surface area contributed by atoms with Crippen LogP contribution in [0.3, 0.4) is 0 Å². The highest BCUT2D eigenvalue weighted by molar-refractivity contribution is 7.98. The standard InChI is InChI=1S/C22H25N3S/c1-15(20-9-5-7-16-6-3-4-8-21(16)20)25-19-11-10-17(12-19)18-13-23-22(26-2)24-14-18/h3-9,13-15,17,19,25H,10-12H2,1-2H3. The summed E-state index contributed by atoms with van der Waals surface area (Å²) in [6.45, 7) is 2.28. The predicted octanol–water partition coefficient (Wildman–Crippen LogP) is 5.34. The van der Waals surface area contributed by atoms with Crippen LogP contribution in [0.15, 0.2) is 60.0 Å². The third-order valence-electron chi connectivity index (χ3n) is 5.51. The summed E-state index contributed by atoms with van der Waals surface area (Å²) in [4.78, 5) is 8.88. The second-order valence-electron chi connectivity index (χ2n) is 7.17. The molecular weight excluding hydrogens is 338 g/mol. The summed E-state index contributed by atoms with van der Waals surface area (Å²) in [7, 11) is 0. The molecule has 134 valence electrons. The Labute approximate surface area is 159 Å². The summed E-state index contributed by atoms with van der Waals surface area (Å²) in [6.07, 6.45) is 9.63. The minimum Gasteiger partial charge on any atom is -0.307 e. The SMILES string of the molecule is CSc1ncc(C2CCC(NC(C)c3cccc4ccccc34)C2)cn1. The maximum absolute atomic E-state index is 4.44. The van der Waals surface area contributed by atoms with Gasteiger partial charge in [-0.25, -0.2) is 9.97 Å². The second-order valence-corrected chi connectivity index (χ2v) is 7.94. The van der Waals surface area contributed by atoms with Gasteiger partial charge >= 0.3 is 0 Å². The molecule has 1 N–H and O–H groups in total. The molecule has 3 atom stereocenters. The minimum absolute atomic E-state index is 0.347. The van der Waals surface area contributed by atoms with E-state index < -0.39 is 0 Å². The number of rotatable bonds is 5. The molecule has 0 spiro atoms. The fourth-order valence-corrected chi connectivity index (χ4v) is 4.47. The summed E-state index contributed by atoms with van der Waals surface area (Å²) < 4.78 is 0. The Hall–Kier alpha value is -1.91. The van der Waals surface area contributed by atoms with Crippen LogP contribution < -0.4 is 5.32 Å². The molecule has 1 aromatic heterocycles. The first-order chi connectivity index (χ1) is 12.7. The number of fused-ring (bicyclic) bond motifs is 1. The monoisotopic (exact) mass is 363 g/mol. The van der Waals surface area contributed by atoms with Crippen molar-refractivity contribution in [2.45, 2.75) is 49.3 Å². The summed E-state index contributed by atoms with van der Waals surface area (Å²) in [6, 6.07) is 16.2. The highest BCUT2D eigenvalue weighted by atomic mass is 32.2. The summed E-state index contributed by atoms with van der Waals surface area (Å²) in [5.74, 6) is 0.572. The molecule has 4 heteroatoms. The Kier molecular flexibility index (Phi) is 5.23.